The van der Waals surface area contributed by atoms with Gasteiger partial charge in [-0.2, -0.15) is 5.10 Å². The Morgan fingerprint density at radius 1 is 1.42 bits per heavy atom. The summed E-state index contributed by atoms with van der Waals surface area (Å²) in [6.07, 6.45) is 3.77. The lowest BCUT2D eigenvalue weighted by Gasteiger charge is -2.32. The fourth-order valence-corrected chi connectivity index (χ4v) is 3.20. The van der Waals surface area contributed by atoms with Gasteiger partial charge in [-0.25, -0.2) is 0 Å². The van der Waals surface area contributed by atoms with E-state index in [9.17, 15) is 14.4 Å². The third-order valence-electron chi connectivity index (χ3n) is 4.59. The number of likely N-dealkylation sites (tertiary alicyclic amines) is 1. The zero-order chi connectivity index (χ0) is 18.7. The third-order valence-corrected chi connectivity index (χ3v) is 4.59. The molecule has 8 nitrogen and oxygen atoms in total. The summed E-state index contributed by atoms with van der Waals surface area (Å²) in [6.45, 7) is 2.65. The normalized spacial score (nSPS) is 17.2. The van der Waals surface area contributed by atoms with Crippen molar-refractivity contribution < 1.29 is 9.59 Å². The van der Waals surface area contributed by atoms with Gasteiger partial charge in [0.25, 0.3) is 5.91 Å². The van der Waals surface area contributed by atoms with Crippen molar-refractivity contribution in [3.63, 3.8) is 0 Å². The number of nitrogens with one attached hydrogen (secondary N) is 2. The average molecular weight is 357 g/mol. The van der Waals surface area contributed by atoms with Crippen LogP contribution in [-0.2, 0) is 18.3 Å². The van der Waals surface area contributed by atoms with Crippen LogP contribution in [0.2, 0.25) is 0 Å². The van der Waals surface area contributed by atoms with Gasteiger partial charge < -0.3 is 14.8 Å². The number of hydrogen-bond acceptors (Lipinski definition) is 4. The predicted molar refractivity (Wildman–Crippen MR) is 95.8 cm³/mol. The van der Waals surface area contributed by atoms with Crippen molar-refractivity contribution in [1.82, 2.24) is 25.0 Å². The number of rotatable bonds is 4. The minimum atomic E-state index is -0.396. The lowest BCUT2D eigenvalue weighted by Crippen LogP contribution is -2.50. The molecule has 0 saturated carbocycles. The maximum atomic E-state index is 12.6. The van der Waals surface area contributed by atoms with Crippen molar-refractivity contribution >= 4 is 11.8 Å². The van der Waals surface area contributed by atoms with E-state index in [1.807, 2.05) is 29.9 Å². The highest BCUT2D eigenvalue weighted by Gasteiger charge is 2.27. The largest absolute Gasteiger partial charge is 0.354 e. The number of aryl methyl sites for hydroxylation is 2. The second-order valence-electron chi connectivity index (χ2n) is 6.71. The molecule has 2 aromatic rings. The summed E-state index contributed by atoms with van der Waals surface area (Å²) in [5, 5.41) is 9.54. The molecular formula is C18H23N5O3. The van der Waals surface area contributed by atoms with Crippen LogP contribution in [0.25, 0.3) is 0 Å². The van der Waals surface area contributed by atoms with Gasteiger partial charge in [0.15, 0.2) is 5.69 Å². The zero-order valence-corrected chi connectivity index (χ0v) is 15.0. The van der Waals surface area contributed by atoms with Gasteiger partial charge in [0, 0.05) is 49.8 Å². The molecule has 3 heterocycles. The highest BCUT2D eigenvalue weighted by molar-refractivity contribution is 5.92. The van der Waals surface area contributed by atoms with E-state index in [1.54, 1.807) is 11.8 Å². The van der Waals surface area contributed by atoms with Crippen molar-refractivity contribution in [2.24, 2.45) is 7.05 Å². The minimum Gasteiger partial charge on any atom is -0.354 e. The summed E-state index contributed by atoms with van der Waals surface area (Å²) < 4.78 is 1.91. The zero-order valence-electron chi connectivity index (χ0n) is 15.0. The van der Waals surface area contributed by atoms with Gasteiger partial charge in [0.05, 0.1) is 6.42 Å². The van der Waals surface area contributed by atoms with Crippen molar-refractivity contribution in [2.45, 2.75) is 32.2 Å². The van der Waals surface area contributed by atoms with Gasteiger partial charge in [-0.1, -0.05) is 0 Å². The molecule has 0 aromatic carbocycles. The van der Waals surface area contributed by atoms with Gasteiger partial charge in [0.2, 0.25) is 11.3 Å². The first-order chi connectivity index (χ1) is 12.4. The Labute approximate surface area is 151 Å². The number of carbonyl (C=O) groups is 2. The van der Waals surface area contributed by atoms with Crippen molar-refractivity contribution in [1.29, 1.82) is 0 Å². The number of amides is 2. The fraction of sp³-hybridized carbons (Fsp3) is 0.444. The molecule has 0 aliphatic carbocycles. The molecule has 3 rings (SSSR count). The van der Waals surface area contributed by atoms with Crippen molar-refractivity contribution in [3.8, 4) is 0 Å². The summed E-state index contributed by atoms with van der Waals surface area (Å²) in [5.74, 6) is -0.468. The topological polar surface area (TPSA) is 100 Å². The number of H-pyrrole nitrogens is 1. The molecular weight excluding hydrogens is 334 g/mol. The molecule has 2 amide bonds. The van der Waals surface area contributed by atoms with Crippen molar-refractivity contribution in [2.75, 3.05) is 13.1 Å². The van der Waals surface area contributed by atoms with Gasteiger partial charge >= 0.3 is 0 Å². The first-order valence-electron chi connectivity index (χ1n) is 8.69. The van der Waals surface area contributed by atoms with E-state index < -0.39 is 5.91 Å². The molecule has 8 heteroatoms. The summed E-state index contributed by atoms with van der Waals surface area (Å²) in [6, 6.07) is 5.05. The summed E-state index contributed by atoms with van der Waals surface area (Å²) >= 11 is 0. The van der Waals surface area contributed by atoms with Crippen LogP contribution in [0.15, 0.2) is 29.2 Å². The second kappa shape index (κ2) is 7.55. The van der Waals surface area contributed by atoms with Gasteiger partial charge in [-0.15, -0.1) is 0 Å². The van der Waals surface area contributed by atoms with Gasteiger partial charge in [-0.3, -0.25) is 19.5 Å². The Bertz CT molecular complexity index is 870. The fourth-order valence-electron chi connectivity index (χ4n) is 3.20. The smallest absolute Gasteiger partial charge is 0.278 e. The van der Waals surface area contributed by atoms with E-state index in [1.165, 1.54) is 6.07 Å². The molecule has 0 bridgehead atoms. The molecule has 0 spiro atoms. The van der Waals surface area contributed by atoms with Crippen LogP contribution in [0.1, 0.15) is 34.7 Å². The first kappa shape index (κ1) is 17.9. The second-order valence-corrected chi connectivity index (χ2v) is 6.71. The number of carbonyl (C=O) groups excluding carboxylic acids is 2. The molecule has 138 valence electrons. The lowest BCUT2D eigenvalue weighted by molar-refractivity contribution is -0.121. The van der Waals surface area contributed by atoms with Crippen LogP contribution >= 0.6 is 0 Å². The molecule has 0 radical (unpaired) electrons. The molecule has 1 aliphatic heterocycles. The molecule has 1 fully saturated rings. The van der Waals surface area contributed by atoms with E-state index in [-0.39, 0.29) is 23.1 Å². The van der Waals surface area contributed by atoms with Crippen LogP contribution in [0.3, 0.4) is 0 Å². The lowest BCUT2D eigenvalue weighted by atomic mass is 10.0. The standard InChI is InChI=1S/C18H23N5O3/c1-12-9-15(24)17(21-20-12)18(26)23-8-3-5-13(11-23)19-16(25)10-14-6-4-7-22(14)2/h4,6-7,9,13H,3,5,8,10-11H2,1-2H3,(H,19,25)(H,20,24). The molecule has 2 N–H and O–H groups in total. The van der Waals surface area contributed by atoms with Gasteiger partial charge in [-0.05, 0) is 31.9 Å². The Hall–Kier alpha value is -2.90. The highest BCUT2D eigenvalue weighted by atomic mass is 16.2. The molecule has 1 aliphatic rings. The van der Waals surface area contributed by atoms with E-state index in [0.29, 0.717) is 25.2 Å². The van der Waals surface area contributed by atoms with Crippen LogP contribution < -0.4 is 10.7 Å². The van der Waals surface area contributed by atoms with Crippen LogP contribution in [0, 0.1) is 6.92 Å². The molecule has 1 unspecified atom stereocenters. The molecule has 26 heavy (non-hydrogen) atoms. The minimum absolute atomic E-state index is 0.0718. The molecule has 1 saturated heterocycles. The van der Waals surface area contributed by atoms with Crippen LogP contribution in [0.5, 0.6) is 0 Å². The Kier molecular flexibility index (Phi) is 5.20. The number of hydrogen-bond donors (Lipinski definition) is 2. The van der Waals surface area contributed by atoms with Crippen molar-refractivity contribution in [3.05, 3.63) is 51.7 Å². The predicted octanol–water partition coefficient (Wildman–Crippen LogP) is 0.380. The van der Waals surface area contributed by atoms with Gasteiger partial charge in [0.1, 0.15) is 0 Å². The summed E-state index contributed by atoms with van der Waals surface area (Å²) in [5.41, 5.74) is 1.05. The van der Waals surface area contributed by atoms with E-state index in [2.05, 4.69) is 15.5 Å². The summed E-state index contributed by atoms with van der Waals surface area (Å²) in [7, 11) is 1.90. The first-order valence-corrected chi connectivity index (χ1v) is 8.69. The maximum absolute atomic E-state index is 12.6. The number of piperidine rings is 1. The average Bonchev–Trinajstić information content (AvgIpc) is 2.99. The van der Waals surface area contributed by atoms with E-state index in [4.69, 9.17) is 0 Å². The molecule has 1 atom stereocenters. The van der Waals surface area contributed by atoms with Crippen LogP contribution in [-0.4, -0.2) is 50.6 Å². The Morgan fingerprint density at radius 2 is 2.23 bits per heavy atom. The maximum Gasteiger partial charge on any atom is 0.278 e. The van der Waals surface area contributed by atoms with E-state index >= 15 is 0 Å². The summed E-state index contributed by atoms with van der Waals surface area (Å²) in [4.78, 5) is 38.4. The van der Waals surface area contributed by atoms with E-state index in [0.717, 1.165) is 18.5 Å². The Balaban J connectivity index is 1.61. The number of aromatic amines is 1. The Morgan fingerprint density at radius 3 is 2.92 bits per heavy atom. The third kappa shape index (κ3) is 4.01. The highest BCUT2D eigenvalue weighted by Crippen LogP contribution is 2.12. The number of nitrogens with zero attached hydrogens (tertiary/aromatic N) is 3. The quantitative estimate of drug-likeness (QED) is 0.826. The monoisotopic (exact) mass is 357 g/mol. The van der Waals surface area contributed by atoms with Crippen LogP contribution in [0.4, 0.5) is 0 Å². The number of aromatic nitrogens is 3. The SMILES string of the molecule is Cc1cc(=O)c(C(=O)N2CCCC(NC(=O)Cc3cccn3C)C2)n[nH]1. The molecule has 2 aromatic heterocycles.